The quantitative estimate of drug-likeness (QED) is 0.385. The molecule has 0 aromatic rings. The fraction of sp³-hybridized carbons (Fsp3) is 1.00. The van der Waals surface area contributed by atoms with Crippen LogP contribution in [-0.4, -0.2) is 92.2 Å². The van der Waals surface area contributed by atoms with E-state index in [0.29, 0.717) is 6.42 Å². The van der Waals surface area contributed by atoms with E-state index in [9.17, 15) is 23.2 Å². The van der Waals surface area contributed by atoms with Gasteiger partial charge in [0.25, 0.3) is 0 Å². The number of rotatable bonds is 6. The summed E-state index contributed by atoms with van der Waals surface area (Å²) in [6, 6.07) is 0. The summed E-state index contributed by atoms with van der Waals surface area (Å²) in [5.74, 6) is -0.753. The Morgan fingerprint density at radius 3 is 2.44 bits per heavy atom. The third kappa shape index (κ3) is 4.29. The summed E-state index contributed by atoms with van der Waals surface area (Å²) in [4.78, 5) is 0. The predicted molar refractivity (Wildman–Crippen MR) is 85.0 cm³/mol. The Balaban J connectivity index is 1.71. The predicted octanol–water partition coefficient (Wildman–Crippen LogP) is -1.52. The molecule has 12 heteroatoms. The van der Waals surface area contributed by atoms with Gasteiger partial charge in [0.1, 0.15) is 36.6 Å². The van der Waals surface area contributed by atoms with Crippen LogP contribution in [0.2, 0.25) is 0 Å². The van der Waals surface area contributed by atoms with E-state index in [1.54, 1.807) is 13.8 Å². The third-order valence-corrected chi connectivity index (χ3v) is 5.69. The molecule has 0 spiro atoms. The molecule has 3 aliphatic rings. The van der Waals surface area contributed by atoms with Crippen LogP contribution in [0.1, 0.15) is 20.3 Å². The SMILES string of the molecule is CCC1O[C@@H](O[C@H]2C3COC2[C@H](O)[C@@H](OC)O3)C(O)[C@@H](C)[C@H]1OS(=O)(=O)[O-]. The second kappa shape index (κ2) is 8.14. The van der Waals surface area contributed by atoms with Crippen molar-refractivity contribution in [2.75, 3.05) is 13.7 Å². The van der Waals surface area contributed by atoms with Gasteiger partial charge in [-0.2, -0.15) is 0 Å². The van der Waals surface area contributed by atoms with Crippen LogP contribution in [-0.2, 0) is 38.3 Å². The molecule has 2 bridgehead atoms. The Morgan fingerprint density at radius 1 is 1.15 bits per heavy atom. The monoisotopic (exact) mass is 413 g/mol. The van der Waals surface area contributed by atoms with Crippen molar-refractivity contribution in [3.05, 3.63) is 0 Å². The molecule has 3 heterocycles. The minimum absolute atomic E-state index is 0.183. The third-order valence-electron chi connectivity index (χ3n) is 5.23. The van der Waals surface area contributed by atoms with Crippen molar-refractivity contribution < 1.29 is 51.1 Å². The number of aliphatic hydroxyl groups excluding tert-OH is 2. The zero-order valence-electron chi connectivity index (χ0n) is 15.2. The maximum atomic E-state index is 11.0. The normalized spacial score (nSPS) is 47.9. The second-order valence-corrected chi connectivity index (χ2v) is 7.95. The lowest BCUT2D eigenvalue weighted by Crippen LogP contribution is -2.60. The Hall–Kier alpha value is -0.410. The van der Waals surface area contributed by atoms with Gasteiger partial charge in [-0.05, 0) is 6.42 Å². The van der Waals surface area contributed by atoms with E-state index in [2.05, 4.69) is 4.18 Å². The summed E-state index contributed by atoms with van der Waals surface area (Å²) in [6.07, 6.45) is -7.87. The molecule has 2 N–H and O–H groups in total. The molecule has 0 saturated carbocycles. The molecule has 11 nitrogen and oxygen atoms in total. The van der Waals surface area contributed by atoms with Crippen molar-refractivity contribution in [3.8, 4) is 0 Å². The van der Waals surface area contributed by atoms with E-state index in [0.717, 1.165) is 0 Å². The van der Waals surface area contributed by atoms with Crippen LogP contribution >= 0.6 is 0 Å². The van der Waals surface area contributed by atoms with Crippen molar-refractivity contribution >= 4 is 10.4 Å². The lowest BCUT2D eigenvalue weighted by atomic mass is 9.89. The number of ether oxygens (including phenoxy) is 5. The van der Waals surface area contributed by atoms with Crippen LogP contribution in [0.3, 0.4) is 0 Å². The van der Waals surface area contributed by atoms with Crippen LogP contribution < -0.4 is 0 Å². The van der Waals surface area contributed by atoms with Gasteiger partial charge in [0.2, 0.25) is 10.4 Å². The fourth-order valence-electron chi connectivity index (χ4n) is 3.78. The standard InChI is InChI=1S/C15H26O11S/c1-4-7-11(26-27(18,19)20)6(2)9(16)15(23-7)25-12-8-5-22-13(12)10(17)14(21-3)24-8/h6-17H,4-5H2,1-3H3,(H,18,19,20)/p-1/t6-,7?,8?,9?,10+,11-,12+,13?,14+,15+/m1/s1. The van der Waals surface area contributed by atoms with Crippen LogP contribution in [0, 0.1) is 5.92 Å². The summed E-state index contributed by atoms with van der Waals surface area (Å²) in [7, 11) is -3.56. The highest BCUT2D eigenvalue weighted by atomic mass is 32.3. The average molecular weight is 413 g/mol. The molecule has 3 saturated heterocycles. The van der Waals surface area contributed by atoms with Crippen LogP contribution in [0.5, 0.6) is 0 Å². The molecular weight excluding hydrogens is 388 g/mol. The lowest BCUT2D eigenvalue weighted by Gasteiger charge is -2.45. The van der Waals surface area contributed by atoms with Crippen molar-refractivity contribution in [2.24, 2.45) is 5.92 Å². The maximum absolute atomic E-state index is 11.0. The Bertz CT molecular complexity index is 611. The Morgan fingerprint density at radius 2 is 1.85 bits per heavy atom. The molecular formula is C15H25O11S-. The van der Waals surface area contributed by atoms with Gasteiger partial charge in [-0.25, -0.2) is 8.42 Å². The fourth-order valence-corrected chi connectivity index (χ4v) is 4.35. The first-order valence-corrected chi connectivity index (χ1v) is 10.1. The Labute approximate surface area is 157 Å². The van der Waals surface area contributed by atoms with Gasteiger partial charge in [0.05, 0.1) is 12.7 Å². The van der Waals surface area contributed by atoms with E-state index < -0.39 is 71.6 Å². The minimum Gasteiger partial charge on any atom is -0.726 e. The van der Waals surface area contributed by atoms with E-state index >= 15 is 0 Å². The first kappa shape index (κ1) is 21.3. The molecule has 4 unspecified atom stereocenters. The van der Waals surface area contributed by atoms with E-state index in [4.69, 9.17) is 23.7 Å². The van der Waals surface area contributed by atoms with E-state index in [1.165, 1.54) is 7.11 Å². The van der Waals surface area contributed by atoms with Crippen molar-refractivity contribution in [3.63, 3.8) is 0 Å². The molecule has 10 atom stereocenters. The maximum Gasteiger partial charge on any atom is 0.218 e. The molecule has 158 valence electrons. The molecule has 0 radical (unpaired) electrons. The number of aliphatic hydroxyl groups is 2. The first-order valence-electron chi connectivity index (χ1n) is 8.77. The number of methoxy groups -OCH3 is 1. The van der Waals surface area contributed by atoms with Gasteiger partial charge in [0.15, 0.2) is 12.6 Å². The number of fused-ring (bicyclic) bond motifs is 2. The van der Waals surface area contributed by atoms with Gasteiger partial charge in [-0.1, -0.05) is 13.8 Å². The van der Waals surface area contributed by atoms with E-state index in [1.807, 2.05) is 0 Å². The van der Waals surface area contributed by atoms with Gasteiger partial charge < -0.3 is 38.5 Å². The molecule has 3 rings (SSSR count). The summed E-state index contributed by atoms with van der Waals surface area (Å²) in [6.45, 7) is 3.45. The molecule has 3 fully saturated rings. The lowest BCUT2D eigenvalue weighted by molar-refractivity contribution is -0.327. The summed E-state index contributed by atoms with van der Waals surface area (Å²) < 4.78 is 65.2. The van der Waals surface area contributed by atoms with Gasteiger partial charge in [0, 0.05) is 13.0 Å². The Kier molecular flexibility index (Phi) is 6.43. The molecule has 27 heavy (non-hydrogen) atoms. The zero-order chi connectivity index (χ0) is 19.9. The smallest absolute Gasteiger partial charge is 0.218 e. The largest absolute Gasteiger partial charge is 0.726 e. The molecule has 0 aromatic heterocycles. The number of hydrogen-bond donors (Lipinski definition) is 2. The zero-order valence-corrected chi connectivity index (χ0v) is 16.0. The van der Waals surface area contributed by atoms with Crippen molar-refractivity contribution in [2.45, 2.75) is 75.6 Å². The van der Waals surface area contributed by atoms with Crippen molar-refractivity contribution in [1.29, 1.82) is 0 Å². The molecule has 0 aliphatic carbocycles. The molecule has 0 amide bonds. The highest BCUT2D eigenvalue weighted by molar-refractivity contribution is 7.80. The van der Waals surface area contributed by atoms with Crippen LogP contribution in [0.25, 0.3) is 0 Å². The topological polar surface area (TPSA) is 153 Å². The highest BCUT2D eigenvalue weighted by Gasteiger charge is 2.54. The van der Waals surface area contributed by atoms with E-state index in [-0.39, 0.29) is 6.61 Å². The summed E-state index contributed by atoms with van der Waals surface area (Å²) in [5, 5.41) is 20.8. The van der Waals surface area contributed by atoms with Gasteiger partial charge >= 0.3 is 0 Å². The highest BCUT2D eigenvalue weighted by Crippen LogP contribution is 2.37. The summed E-state index contributed by atoms with van der Waals surface area (Å²) >= 11 is 0. The minimum atomic E-state index is -4.96. The van der Waals surface area contributed by atoms with Gasteiger partial charge in [-0.3, -0.25) is 4.18 Å². The second-order valence-electron chi connectivity index (χ2n) is 6.94. The molecule has 0 aromatic carbocycles. The number of hydrogen-bond acceptors (Lipinski definition) is 11. The average Bonchev–Trinajstić information content (AvgIpc) is 2.91. The van der Waals surface area contributed by atoms with Crippen LogP contribution in [0.15, 0.2) is 0 Å². The van der Waals surface area contributed by atoms with Gasteiger partial charge in [-0.15, -0.1) is 0 Å². The first-order chi connectivity index (χ1) is 12.7. The molecule has 3 aliphatic heterocycles. The van der Waals surface area contributed by atoms with Crippen molar-refractivity contribution in [1.82, 2.24) is 0 Å². The summed E-state index contributed by atoms with van der Waals surface area (Å²) in [5.41, 5.74) is 0. The van der Waals surface area contributed by atoms with Crippen LogP contribution in [0.4, 0.5) is 0 Å².